The summed E-state index contributed by atoms with van der Waals surface area (Å²) in [5.41, 5.74) is 4.45. The molecule has 0 radical (unpaired) electrons. The van der Waals surface area contributed by atoms with Crippen LogP contribution in [-0.2, 0) is 13.0 Å². The van der Waals surface area contributed by atoms with Crippen LogP contribution in [0.15, 0.2) is 96.1 Å². The first kappa shape index (κ1) is 33.0. The van der Waals surface area contributed by atoms with Crippen LogP contribution in [0, 0.1) is 12.8 Å². The first-order chi connectivity index (χ1) is 24.3. The molecule has 4 heterocycles. The first-order valence-corrected chi connectivity index (χ1v) is 17.2. The number of amides is 2. The van der Waals surface area contributed by atoms with Gasteiger partial charge in [-0.3, -0.25) is 23.9 Å². The number of nitrogens with zero attached hydrogens (tertiary/aromatic N) is 7. The molecule has 1 unspecified atom stereocenters. The molecule has 10 nitrogen and oxygen atoms in total. The summed E-state index contributed by atoms with van der Waals surface area (Å²) in [7, 11) is 0. The Bertz CT molecular complexity index is 2240. The lowest BCUT2D eigenvalue weighted by molar-refractivity contribution is 0.0656. The van der Waals surface area contributed by atoms with Gasteiger partial charge in [0.05, 0.1) is 29.4 Å². The van der Waals surface area contributed by atoms with E-state index in [1.807, 2.05) is 67.7 Å². The molecular weight excluding hydrogens is 650 g/mol. The molecule has 0 N–H and O–H groups in total. The van der Waals surface area contributed by atoms with E-state index in [4.69, 9.17) is 21.6 Å². The number of aromatic nitrogens is 6. The van der Waals surface area contributed by atoms with Crippen LogP contribution in [-0.4, -0.2) is 52.3 Å². The zero-order valence-corrected chi connectivity index (χ0v) is 28.8. The SMILES string of the molecule is CCC(CC)C(c1nc2nc(Cl)ncc2c(=O)n1Cc1ccccc1)n1cc(CCN2C(=O)c3ccccc3C2=O)nc1-c1ccc(C)cc1. The molecule has 2 amide bonds. The van der Waals surface area contributed by atoms with Gasteiger partial charge in [-0.1, -0.05) is 99.0 Å². The van der Waals surface area contributed by atoms with Gasteiger partial charge < -0.3 is 4.57 Å². The van der Waals surface area contributed by atoms with E-state index in [1.54, 1.807) is 28.8 Å². The molecular formula is C39H36ClN7O3. The van der Waals surface area contributed by atoms with E-state index in [-0.39, 0.29) is 46.2 Å². The predicted molar refractivity (Wildman–Crippen MR) is 192 cm³/mol. The Hall–Kier alpha value is -5.48. The molecule has 7 rings (SSSR count). The van der Waals surface area contributed by atoms with Gasteiger partial charge in [-0.25, -0.2) is 15.0 Å². The molecule has 11 heteroatoms. The minimum atomic E-state index is -0.434. The Balaban J connectivity index is 1.39. The molecule has 3 aromatic carbocycles. The van der Waals surface area contributed by atoms with Gasteiger partial charge in [0.1, 0.15) is 17.0 Å². The third-order valence-corrected chi connectivity index (χ3v) is 9.70. The highest BCUT2D eigenvalue weighted by atomic mass is 35.5. The quantitative estimate of drug-likeness (QED) is 0.107. The molecule has 6 aromatic rings. The second-order valence-corrected chi connectivity index (χ2v) is 13.0. The van der Waals surface area contributed by atoms with Crippen molar-refractivity contribution in [3.63, 3.8) is 0 Å². The van der Waals surface area contributed by atoms with Crippen molar-refractivity contribution in [2.45, 2.75) is 52.6 Å². The van der Waals surface area contributed by atoms with Gasteiger partial charge in [0.25, 0.3) is 17.4 Å². The zero-order chi connectivity index (χ0) is 34.9. The Morgan fingerprint density at radius 2 is 1.46 bits per heavy atom. The summed E-state index contributed by atoms with van der Waals surface area (Å²) in [5.74, 6) is 0.670. The summed E-state index contributed by atoms with van der Waals surface area (Å²) in [6, 6.07) is 24.4. The molecule has 0 saturated heterocycles. The normalized spacial score (nSPS) is 13.4. The van der Waals surface area contributed by atoms with Crippen molar-refractivity contribution in [3.05, 3.63) is 141 Å². The van der Waals surface area contributed by atoms with Crippen LogP contribution in [0.4, 0.5) is 0 Å². The fourth-order valence-corrected chi connectivity index (χ4v) is 6.94. The average molecular weight is 686 g/mol. The van der Waals surface area contributed by atoms with E-state index in [0.29, 0.717) is 41.4 Å². The number of aryl methyl sites for hydroxylation is 1. The van der Waals surface area contributed by atoms with Gasteiger partial charge in [0.2, 0.25) is 5.28 Å². The highest BCUT2D eigenvalue weighted by Gasteiger charge is 2.35. The minimum Gasteiger partial charge on any atom is -0.320 e. The molecule has 0 fully saturated rings. The van der Waals surface area contributed by atoms with Crippen LogP contribution < -0.4 is 5.56 Å². The Kier molecular flexibility index (Phi) is 9.12. The fraction of sp³-hybridized carbons (Fsp3) is 0.256. The Morgan fingerprint density at radius 1 is 0.800 bits per heavy atom. The molecule has 3 aromatic heterocycles. The predicted octanol–water partition coefficient (Wildman–Crippen LogP) is 6.92. The highest BCUT2D eigenvalue weighted by Crippen LogP contribution is 2.36. The van der Waals surface area contributed by atoms with E-state index >= 15 is 0 Å². The maximum absolute atomic E-state index is 14.3. The topological polar surface area (TPSA) is 116 Å². The van der Waals surface area contributed by atoms with Gasteiger partial charge in [-0.05, 0) is 42.1 Å². The number of benzene rings is 3. The molecule has 1 aliphatic rings. The summed E-state index contributed by atoms with van der Waals surface area (Å²) < 4.78 is 3.83. The average Bonchev–Trinajstić information content (AvgIpc) is 3.65. The van der Waals surface area contributed by atoms with Crippen molar-refractivity contribution in [1.29, 1.82) is 0 Å². The monoisotopic (exact) mass is 685 g/mol. The summed E-state index contributed by atoms with van der Waals surface area (Å²) in [6.07, 6.45) is 5.34. The van der Waals surface area contributed by atoms with Crippen LogP contribution in [0.5, 0.6) is 0 Å². The van der Waals surface area contributed by atoms with Crippen molar-refractivity contribution in [2.24, 2.45) is 5.92 Å². The van der Waals surface area contributed by atoms with Gasteiger partial charge in [0, 0.05) is 30.9 Å². The lowest BCUT2D eigenvalue weighted by Gasteiger charge is -2.30. The van der Waals surface area contributed by atoms with E-state index in [0.717, 1.165) is 29.5 Å². The molecule has 0 bridgehead atoms. The van der Waals surface area contributed by atoms with Crippen LogP contribution in [0.2, 0.25) is 5.28 Å². The summed E-state index contributed by atoms with van der Waals surface area (Å²) >= 11 is 6.23. The molecule has 0 saturated carbocycles. The first-order valence-electron chi connectivity index (χ1n) is 16.8. The number of imidazole rings is 1. The van der Waals surface area contributed by atoms with E-state index in [9.17, 15) is 14.4 Å². The maximum Gasteiger partial charge on any atom is 0.264 e. The van der Waals surface area contributed by atoms with Crippen molar-refractivity contribution >= 4 is 34.4 Å². The number of fused-ring (bicyclic) bond motifs is 2. The van der Waals surface area contributed by atoms with E-state index in [2.05, 4.69) is 28.4 Å². The number of hydrogen-bond acceptors (Lipinski definition) is 7. The number of carbonyl (C=O) groups excluding carboxylic acids is 2. The molecule has 0 spiro atoms. The Labute approximate surface area is 294 Å². The fourth-order valence-electron chi connectivity index (χ4n) is 6.81. The van der Waals surface area contributed by atoms with Gasteiger partial charge in [0.15, 0.2) is 5.65 Å². The van der Waals surface area contributed by atoms with E-state index in [1.165, 1.54) is 11.1 Å². The number of halogens is 1. The van der Waals surface area contributed by atoms with Crippen molar-refractivity contribution < 1.29 is 9.59 Å². The molecule has 50 heavy (non-hydrogen) atoms. The third-order valence-electron chi connectivity index (χ3n) is 9.52. The number of hydrogen-bond donors (Lipinski definition) is 0. The third kappa shape index (κ3) is 6.11. The highest BCUT2D eigenvalue weighted by molar-refractivity contribution is 6.28. The minimum absolute atomic E-state index is 0.00802. The van der Waals surface area contributed by atoms with Crippen LogP contribution >= 0.6 is 11.6 Å². The van der Waals surface area contributed by atoms with Crippen LogP contribution in [0.25, 0.3) is 22.4 Å². The standard InChI is InChI=1S/C39H36ClN7O3/c1-4-26(5-2)32(35-43-33-31(21-41-39(40)44-33)38(50)47(35)22-25-11-7-6-8-12-25)46-23-28(42-34(46)27-17-15-24(3)16-18-27)19-20-45-36(48)29-13-9-10-14-30(29)37(45)49/h6-18,21,23,26,32H,4-5,19-20,22H2,1-3H3. The van der Waals surface area contributed by atoms with Crippen molar-refractivity contribution in [3.8, 4) is 11.4 Å². The smallest absolute Gasteiger partial charge is 0.264 e. The van der Waals surface area contributed by atoms with Gasteiger partial charge in [-0.2, -0.15) is 4.98 Å². The van der Waals surface area contributed by atoms with Crippen molar-refractivity contribution in [2.75, 3.05) is 6.54 Å². The Morgan fingerprint density at radius 3 is 2.12 bits per heavy atom. The number of imide groups is 1. The van der Waals surface area contributed by atoms with Crippen LogP contribution in [0.1, 0.15) is 76.1 Å². The van der Waals surface area contributed by atoms with Gasteiger partial charge >= 0.3 is 0 Å². The zero-order valence-electron chi connectivity index (χ0n) is 28.1. The summed E-state index contributed by atoms with van der Waals surface area (Å²) in [4.78, 5) is 60.6. The lowest BCUT2D eigenvalue weighted by Crippen LogP contribution is -2.33. The number of carbonyl (C=O) groups is 2. The second-order valence-electron chi connectivity index (χ2n) is 12.6. The summed E-state index contributed by atoms with van der Waals surface area (Å²) in [6.45, 7) is 6.76. The maximum atomic E-state index is 14.3. The summed E-state index contributed by atoms with van der Waals surface area (Å²) in [5, 5.41) is 0.289. The molecule has 1 atom stereocenters. The number of rotatable bonds is 11. The molecule has 252 valence electrons. The molecule has 1 aliphatic heterocycles. The second kappa shape index (κ2) is 13.8. The lowest BCUT2D eigenvalue weighted by atomic mass is 9.92. The van der Waals surface area contributed by atoms with Crippen molar-refractivity contribution in [1.82, 2.24) is 34.0 Å². The largest absolute Gasteiger partial charge is 0.320 e. The van der Waals surface area contributed by atoms with Crippen LogP contribution in [0.3, 0.4) is 0 Å². The van der Waals surface area contributed by atoms with Gasteiger partial charge in [-0.15, -0.1) is 0 Å². The molecule has 0 aliphatic carbocycles. The van der Waals surface area contributed by atoms with E-state index < -0.39 is 6.04 Å².